The maximum absolute atomic E-state index is 14.4. The van der Waals surface area contributed by atoms with Gasteiger partial charge in [-0.1, -0.05) is 23.7 Å². The number of rotatable bonds is 7. The lowest BCUT2D eigenvalue weighted by molar-refractivity contribution is -0.117. The van der Waals surface area contributed by atoms with E-state index in [4.69, 9.17) is 39.5 Å². The molecule has 10 heteroatoms. The molecule has 1 aliphatic rings. The molecular weight excluding hydrogens is 587 g/mol. The van der Waals surface area contributed by atoms with Crippen LogP contribution >= 0.6 is 50.7 Å². The first-order chi connectivity index (χ1) is 16.5. The minimum Gasteiger partial charge on any atom is -0.492 e. The highest BCUT2D eigenvalue weighted by atomic mass is 79.9. The minimum atomic E-state index is -1.45. The third kappa shape index (κ3) is 5.33. The number of Topliss-reactive ketones (excluding diaryl/α,β-unsaturated/α-hetero) is 1. The predicted molar refractivity (Wildman–Crippen MR) is 136 cm³/mol. The fourth-order valence-corrected chi connectivity index (χ4v) is 5.61. The van der Waals surface area contributed by atoms with E-state index in [-0.39, 0.29) is 28.5 Å². The van der Waals surface area contributed by atoms with Gasteiger partial charge in [-0.15, -0.1) is 23.2 Å². The summed E-state index contributed by atoms with van der Waals surface area (Å²) in [7, 11) is 1.34. The lowest BCUT2D eigenvalue weighted by Crippen LogP contribution is -2.17. The van der Waals surface area contributed by atoms with Crippen LogP contribution in [0.15, 0.2) is 59.1 Å². The van der Waals surface area contributed by atoms with Crippen LogP contribution in [0, 0.1) is 17.6 Å². The number of halogens is 6. The highest BCUT2D eigenvalue weighted by molar-refractivity contribution is 9.10. The van der Waals surface area contributed by atoms with E-state index in [1.54, 1.807) is 12.1 Å². The van der Waals surface area contributed by atoms with Crippen molar-refractivity contribution in [1.29, 1.82) is 0 Å². The lowest BCUT2D eigenvalue weighted by Gasteiger charge is -2.10. The Kier molecular flexibility index (Phi) is 7.44. The van der Waals surface area contributed by atoms with Crippen LogP contribution in [0.1, 0.15) is 27.4 Å². The van der Waals surface area contributed by atoms with Gasteiger partial charge in [-0.25, -0.2) is 8.78 Å². The molecule has 0 saturated heterocycles. The second-order valence-corrected chi connectivity index (χ2v) is 10.8. The number of ketones is 1. The molecule has 182 valence electrons. The molecule has 0 radical (unpaired) electrons. The topological polar surface area (TPSA) is 55.4 Å². The van der Waals surface area contributed by atoms with Crippen molar-refractivity contribution in [1.82, 2.24) is 0 Å². The summed E-state index contributed by atoms with van der Waals surface area (Å²) in [5.41, 5.74) is 1.57. The highest BCUT2D eigenvalue weighted by Gasteiger charge is 2.67. The molecule has 3 aromatic carbocycles. The van der Waals surface area contributed by atoms with Crippen LogP contribution in [-0.4, -0.2) is 23.1 Å². The van der Waals surface area contributed by atoms with Crippen LogP contribution in [0.25, 0.3) is 0 Å². The molecule has 0 spiro atoms. The Morgan fingerprint density at radius 1 is 1.09 bits per heavy atom. The van der Waals surface area contributed by atoms with Crippen molar-refractivity contribution in [2.24, 2.45) is 5.92 Å². The molecule has 1 saturated carbocycles. The van der Waals surface area contributed by atoms with Gasteiger partial charge in [-0.05, 0) is 69.5 Å². The fourth-order valence-electron chi connectivity index (χ4n) is 3.94. The molecule has 1 aliphatic carbocycles. The highest BCUT2D eigenvalue weighted by Crippen LogP contribution is 2.65. The molecular formula is C25H17BrCl3F2NO3. The Morgan fingerprint density at radius 3 is 2.40 bits per heavy atom. The summed E-state index contributed by atoms with van der Waals surface area (Å²) in [6.45, 7) is 0. The summed E-state index contributed by atoms with van der Waals surface area (Å²) in [5, 5.41) is 2.92. The van der Waals surface area contributed by atoms with Crippen molar-refractivity contribution in [2.75, 3.05) is 12.4 Å². The number of nitrogens with one attached hydrogen (secondary N) is 1. The van der Waals surface area contributed by atoms with Gasteiger partial charge in [0.05, 0.1) is 22.5 Å². The third-order valence-electron chi connectivity index (χ3n) is 5.73. The zero-order valence-electron chi connectivity index (χ0n) is 18.1. The molecule has 35 heavy (non-hydrogen) atoms. The van der Waals surface area contributed by atoms with Crippen molar-refractivity contribution in [3.8, 4) is 5.75 Å². The number of alkyl halides is 2. The monoisotopic (exact) mass is 601 g/mol. The number of benzene rings is 3. The maximum Gasteiger partial charge on any atom is 0.231 e. The Morgan fingerprint density at radius 2 is 1.77 bits per heavy atom. The molecule has 4 rings (SSSR count). The van der Waals surface area contributed by atoms with Gasteiger partial charge in [0, 0.05) is 23.6 Å². The van der Waals surface area contributed by atoms with E-state index in [0.717, 1.165) is 0 Å². The SMILES string of the molecule is COc1c(F)cc(C2C(C(=O)Nc3ccc(Cl)c(C(=O)Cc4ccc(F)cc4)c3)C2(Cl)Cl)cc1Br. The van der Waals surface area contributed by atoms with Crippen LogP contribution in [0.4, 0.5) is 14.5 Å². The van der Waals surface area contributed by atoms with E-state index in [0.29, 0.717) is 21.3 Å². The van der Waals surface area contributed by atoms with E-state index < -0.39 is 33.7 Å². The van der Waals surface area contributed by atoms with Gasteiger partial charge >= 0.3 is 0 Å². The van der Waals surface area contributed by atoms with Gasteiger partial charge in [-0.3, -0.25) is 9.59 Å². The second-order valence-electron chi connectivity index (χ2n) is 8.06. The summed E-state index contributed by atoms with van der Waals surface area (Å²) < 4.78 is 31.4. The summed E-state index contributed by atoms with van der Waals surface area (Å²) in [4.78, 5) is 25.8. The Balaban J connectivity index is 1.51. The van der Waals surface area contributed by atoms with Crippen molar-refractivity contribution in [3.63, 3.8) is 0 Å². The number of carbonyl (C=O) groups is 2. The number of methoxy groups -OCH3 is 1. The summed E-state index contributed by atoms with van der Waals surface area (Å²) in [5.74, 6) is -3.30. The predicted octanol–water partition coefficient (Wildman–Crippen LogP) is 7.34. The molecule has 1 fully saturated rings. The average Bonchev–Trinajstić information content (AvgIpc) is 3.38. The van der Waals surface area contributed by atoms with Gasteiger partial charge in [0.1, 0.15) is 10.2 Å². The zero-order chi connectivity index (χ0) is 25.5. The molecule has 3 aromatic rings. The van der Waals surface area contributed by atoms with Crippen molar-refractivity contribution in [3.05, 3.63) is 92.4 Å². The largest absolute Gasteiger partial charge is 0.492 e. The molecule has 1 N–H and O–H groups in total. The normalized spacial score (nSPS) is 18.1. The smallest absolute Gasteiger partial charge is 0.231 e. The maximum atomic E-state index is 14.4. The number of carbonyl (C=O) groups excluding carboxylic acids is 2. The van der Waals surface area contributed by atoms with Crippen molar-refractivity contribution >= 4 is 68.1 Å². The molecule has 0 bridgehead atoms. The number of ether oxygens (including phenoxy) is 1. The van der Waals surface area contributed by atoms with Crippen LogP contribution in [-0.2, 0) is 11.2 Å². The average molecular weight is 604 g/mol. The molecule has 0 heterocycles. The number of anilines is 1. The van der Waals surface area contributed by atoms with Crippen LogP contribution in [0.3, 0.4) is 0 Å². The van der Waals surface area contributed by atoms with Crippen LogP contribution < -0.4 is 10.1 Å². The van der Waals surface area contributed by atoms with Crippen LogP contribution in [0.2, 0.25) is 5.02 Å². The minimum absolute atomic E-state index is 0.00643. The Labute approximate surface area is 223 Å². The quantitative estimate of drug-likeness (QED) is 0.227. The van der Waals surface area contributed by atoms with Gasteiger partial charge in [0.25, 0.3) is 0 Å². The molecule has 2 atom stereocenters. The van der Waals surface area contributed by atoms with Gasteiger partial charge in [0.15, 0.2) is 17.3 Å². The van der Waals surface area contributed by atoms with Crippen molar-refractivity contribution < 1.29 is 23.1 Å². The fraction of sp³-hybridized carbons (Fsp3) is 0.200. The summed E-state index contributed by atoms with van der Waals surface area (Å²) in [6.07, 6.45) is 0.00643. The van der Waals surface area contributed by atoms with Gasteiger partial charge in [0.2, 0.25) is 5.91 Å². The zero-order valence-corrected chi connectivity index (χ0v) is 21.9. The number of hydrogen-bond acceptors (Lipinski definition) is 3. The number of amides is 1. The molecule has 1 amide bonds. The van der Waals surface area contributed by atoms with Crippen LogP contribution in [0.5, 0.6) is 5.75 Å². The molecule has 0 aliphatic heterocycles. The Hall–Kier alpha value is -2.19. The van der Waals surface area contributed by atoms with E-state index in [1.165, 1.54) is 49.6 Å². The molecule has 4 nitrogen and oxygen atoms in total. The first-order valence-corrected chi connectivity index (χ1v) is 12.2. The summed E-state index contributed by atoms with van der Waals surface area (Å²) >= 11 is 22.2. The number of hydrogen-bond donors (Lipinski definition) is 1. The van der Waals surface area contributed by atoms with E-state index in [9.17, 15) is 18.4 Å². The van der Waals surface area contributed by atoms with Gasteiger partial charge < -0.3 is 10.1 Å². The first-order valence-electron chi connectivity index (χ1n) is 10.3. The van der Waals surface area contributed by atoms with Gasteiger partial charge in [-0.2, -0.15) is 0 Å². The third-order valence-corrected chi connectivity index (χ3v) is 7.59. The second kappa shape index (κ2) is 10.1. The molecule has 2 unspecified atom stereocenters. The first kappa shape index (κ1) is 25.9. The Bertz CT molecular complexity index is 1290. The van der Waals surface area contributed by atoms with E-state index in [1.807, 2.05) is 0 Å². The standard InChI is InChI=1S/C25H17BrCl3F2NO3/c1-35-23-17(26)9-13(10-19(23)31)21-22(25(21,28)29)24(34)32-15-6-7-18(27)16(11-15)20(33)8-12-2-4-14(30)5-3-12/h2-7,9-11,21-22H,8H2,1H3,(H,32,34). The summed E-state index contributed by atoms with van der Waals surface area (Å²) in [6, 6.07) is 12.9. The van der Waals surface area contributed by atoms with E-state index >= 15 is 0 Å². The lowest BCUT2D eigenvalue weighted by atomic mass is 10.0. The van der Waals surface area contributed by atoms with E-state index in [2.05, 4.69) is 21.2 Å². The molecule has 0 aromatic heterocycles. The van der Waals surface area contributed by atoms with Crippen molar-refractivity contribution in [2.45, 2.75) is 16.7 Å².